The fourth-order valence-electron chi connectivity index (χ4n) is 8.12. The SMILES string of the molecule is CC/C=C\C/C=C\C/C=C\C/C=C\C/C=C\C/C=C\C/C=C\CCCCOCC(COC1OC(CO)C(O)C(OS(=O)(=O)O)C1O)OC(=O)CCCCCCCCCCCCCCCCCCCCCC. The fraction of sp³-hybridized carbons (Fsp3) is 0.741. The van der Waals surface area contributed by atoms with Gasteiger partial charge in [0.1, 0.15) is 30.5 Å². The first kappa shape index (κ1) is 66.3. The highest BCUT2D eigenvalue weighted by atomic mass is 32.3. The molecule has 1 heterocycles. The van der Waals surface area contributed by atoms with Gasteiger partial charge in [-0.15, -0.1) is 0 Å². The van der Waals surface area contributed by atoms with E-state index in [2.05, 4.69) is 103 Å². The molecule has 0 aromatic rings. The van der Waals surface area contributed by atoms with Crippen molar-refractivity contribution in [3.63, 3.8) is 0 Å². The maximum absolute atomic E-state index is 12.9. The van der Waals surface area contributed by atoms with Crippen LogP contribution in [0, 0.1) is 0 Å². The summed E-state index contributed by atoms with van der Waals surface area (Å²) in [5.41, 5.74) is 0. The van der Waals surface area contributed by atoms with E-state index in [9.17, 15) is 33.1 Å². The predicted molar refractivity (Wildman–Crippen MR) is 289 cm³/mol. The van der Waals surface area contributed by atoms with Crippen LogP contribution < -0.4 is 0 Å². The molecular weight excluding hydrogens is 921 g/mol. The average molecular weight is 1020 g/mol. The number of aliphatic hydroxyl groups is 3. The zero-order valence-corrected chi connectivity index (χ0v) is 45.1. The quantitative estimate of drug-likeness (QED) is 0.0196. The maximum atomic E-state index is 12.9. The van der Waals surface area contributed by atoms with Gasteiger partial charge in [-0.3, -0.25) is 9.35 Å². The topological polar surface area (TPSA) is 178 Å². The summed E-state index contributed by atoms with van der Waals surface area (Å²) in [5, 5.41) is 30.8. The zero-order chi connectivity index (χ0) is 51.7. The highest BCUT2D eigenvalue weighted by Crippen LogP contribution is 2.26. The summed E-state index contributed by atoms with van der Waals surface area (Å²) < 4.78 is 59.3. The molecule has 0 saturated carbocycles. The van der Waals surface area contributed by atoms with Crippen LogP contribution >= 0.6 is 0 Å². The third-order valence-electron chi connectivity index (χ3n) is 12.3. The van der Waals surface area contributed by atoms with Crippen LogP contribution in [0.15, 0.2) is 85.1 Å². The molecule has 1 rings (SSSR count). The average Bonchev–Trinajstić information content (AvgIpc) is 3.35. The van der Waals surface area contributed by atoms with Gasteiger partial charge in [-0.1, -0.05) is 221 Å². The molecule has 0 aromatic carbocycles. The van der Waals surface area contributed by atoms with Crippen LogP contribution in [0.1, 0.15) is 213 Å². The van der Waals surface area contributed by atoms with Gasteiger partial charge in [-0.2, -0.15) is 8.42 Å². The molecule has 410 valence electrons. The van der Waals surface area contributed by atoms with Gasteiger partial charge in [-0.25, -0.2) is 4.18 Å². The first-order chi connectivity index (χ1) is 34.6. The van der Waals surface area contributed by atoms with E-state index in [1.54, 1.807) is 0 Å². The number of rotatable bonds is 48. The lowest BCUT2D eigenvalue weighted by molar-refractivity contribution is -0.301. The second-order valence-corrected chi connectivity index (χ2v) is 19.8. The lowest BCUT2D eigenvalue weighted by Crippen LogP contribution is -2.60. The summed E-state index contributed by atoms with van der Waals surface area (Å²) in [6.07, 6.45) is 56.2. The lowest BCUT2D eigenvalue weighted by atomic mass is 9.99. The van der Waals surface area contributed by atoms with E-state index in [4.69, 9.17) is 18.9 Å². The minimum absolute atomic E-state index is 0.00331. The second kappa shape index (κ2) is 48.2. The van der Waals surface area contributed by atoms with Crippen LogP contribution in [-0.4, -0.2) is 97.5 Å². The van der Waals surface area contributed by atoms with Crippen molar-refractivity contribution in [3.05, 3.63) is 85.1 Å². The molecule has 4 N–H and O–H groups in total. The molecule has 1 aliphatic rings. The molecule has 0 spiro atoms. The Hall–Kier alpha value is -2.72. The van der Waals surface area contributed by atoms with Crippen molar-refractivity contribution >= 4 is 16.4 Å². The van der Waals surface area contributed by atoms with E-state index in [1.807, 2.05) is 0 Å². The summed E-state index contributed by atoms with van der Waals surface area (Å²) in [5.74, 6) is -0.414. The van der Waals surface area contributed by atoms with E-state index in [1.165, 1.54) is 103 Å². The number of carbonyl (C=O) groups is 1. The minimum Gasteiger partial charge on any atom is -0.457 e. The summed E-state index contributed by atoms with van der Waals surface area (Å²) in [4.78, 5) is 12.9. The Balaban J connectivity index is 2.37. The molecule has 6 unspecified atom stereocenters. The molecule has 0 aromatic heterocycles. The van der Waals surface area contributed by atoms with E-state index in [-0.39, 0.29) is 19.6 Å². The second-order valence-electron chi connectivity index (χ2n) is 18.8. The Labute approximate surface area is 432 Å². The molecule has 71 heavy (non-hydrogen) atoms. The monoisotopic (exact) mass is 1020 g/mol. The molecule has 0 radical (unpaired) electrons. The summed E-state index contributed by atoms with van der Waals surface area (Å²) in [6.45, 7) is 3.79. The molecule has 0 amide bonds. The highest BCUT2D eigenvalue weighted by Gasteiger charge is 2.48. The Kier molecular flexibility index (Phi) is 45.0. The normalized spacial score (nSPS) is 19.7. The number of esters is 1. The molecule has 1 aliphatic heterocycles. The Morgan fingerprint density at radius 3 is 1.39 bits per heavy atom. The van der Waals surface area contributed by atoms with Crippen LogP contribution in [0.4, 0.5) is 0 Å². The van der Waals surface area contributed by atoms with E-state index in [0.29, 0.717) is 13.0 Å². The molecule has 12 nitrogen and oxygen atoms in total. The maximum Gasteiger partial charge on any atom is 0.397 e. The van der Waals surface area contributed by atoms with Gasteiger partial charge in [0.05, 0.1) is 19.8 Å². The fourth-order valence-corrected chi connectivity index (χ4v) is 8.63. The Morgan fingerprint density at radius 2 is 0.972 bits per heavy atom. The third kappa shape index (κ3) is 41.3. The zero-order valence-electron chi connectivity index (χ0n) is 44.3. The van der Waals surface area contributed by atoms with Gasteiger partial charge >= 0.3 is 16.4 Å². The van der Waals surface area contributed by atoms with E-state index < -0.39 is 59.8 Å². The van der Waals surface area contributed by atoms with E-state index >= 15 is 0 Å². The number of hydrogen-bond acceptors (Lipinski definition) is 11. The largest absolute Gasteiger partial charge is 0.457 e. The van der Waals surface area contributed by atoms with Crippen LogP contribution in [0.25, 0.3) is 0 Å². The number of allylic oxidation sites excluding steroid dienone is 14. The van der Waals surface area contributed by atoms with Crippen molar-refractivity contribution in [1.29, 1.82) is 0 Å². The van der Waals surface area contributed by atoms with E-state index in [0.717, 1.165) is 83.5 Å². The van der Waals surface area contributed by atoms with Crippen LogP contribution in [0.3, 0.4) is 0 Å². The third-order valence-corrected chi connectivity index (χ3v) is 12.7. The van der Waals surface area contributed by atoms with Crippen molar-refractivity contribution in [1.82, 2.24) is 0 Å². The van der Waals surface area contributed by atoms with Gasteiger partial charge in [0.2, 0.25) is 0 Å². The Morgan fingerprint density at radius 1 is 0.549 bits per heavy atom. The van der Waals surface area contributed by atoms with Crippen LogP contribution in [-0.2, 0) is 38.3 Å². The lowest BCUT2D eigenvalue weighted by Gasteiger charge is -2.41. The van der Waals surface area contributed by atoms with Crippen molar-refractivity contribution in [2.24, 2.45) is 0 Å². The number of carbonyl (C=O) groups excluding carboxylic acids is 1. The highest BCUT2D eigenvalue weighted by molar-refractivity contribution is 7.80. The van der Waals surface area contributed by atoms with Crippen molar-refractivity contribution in [2.75, 3.05) is 26.4 Å². The van der Waals surface area contributed by atoms with Crippen LogP contribution in [0.2, 0.25) is 0 Å². The van der Waals surface area contributed by atoms with Gasteiger partial charge in [0.25, 0.3) is 0 Å². The number of ether oxygens (including phenoxy) is 4. The minimum atomic E-state index is -5.08. The molecule has 13 heteroatoms. The standard InChI is InChI=1S/C58H100O12S/c1-3-5-7-9-11-13-15-17-19-21-23-25-26-27-28-30-32-34-36-38-40-42-44-46-48-66-50-52(51-67-58-56(62)57(70-71(63,64)65)55(61)53(49-59)69-58)68-54(60)47-45-43-41-39-37-35-33-31-29-24-22-20-18-16-14-12-10-8-6-4-2/h5,7,11,13,17,19,23,25,27-28,32,34,38,40,52-53,55-59,61-62H,3-4,6,8-10,12,14-16,18,20-22,24,26,29-31,33,35-37,39,41-51H2,1-2H3,(H,63,64,65)/b7-5-,13-11-,19-17-,25-23-,28-27-,34-32-,40-38-. The molecule has 6 atom stereocenters. The molecule has 0 aliphatic carbocycles. The smallest absolute Gasteiger partial charge is 0.397 e. The van der Waals surface area contributed by atoms with Gasteiger partial charge in [-0.05, 0) is 70.6 Å². The van der Waals surface area contributed by atoms with Gasteiger partial charge in [0.15, 0.2) is 6.29 Å². The molecule has 1 fully saturated rings. The van der Waals surface area contributed by atoms with Crippen LogP contribution in [0.5, 0.6) is 0 Å². The summed E-state index contributed by atoms with van der Waals surface area (Å²) >= 11 is 0. The van der Waals surface area contributed by atoms with Gasteiger partial charge in [0, 0.05) is 13.0 Å². The predicted octanol–water partition coefficient (Wildman–Crippen LogP) is 13.6. The Bertz CT molecular complexity index is 1550. The number of aliphatic hydroxyl groups excluding tert-OH is 3. The van der Waals surface area contributed by atoms with Gasteiger partial charge < -0.3 is 34.3 Å². The summed E-state index contributed by atoms with van der Waals surface area (Å²) in [6, 6.07) is 0. The first-order valence-electron chi connectivity index (χ1n) is 27.8. The first-order valence-corrected chi connectivity index (χ1v) is 29.2. The van der Waals surface area contributed by atoms with Crippen molar-refractivity contribution in [3.8, 4) is 0 Å². The number of hydrogen-bond donors (Lipinski definition) is 4. The van der Waals surface area contributed by atoms with Crippen molar-refractivity contribution < 1.29 is 56.2 Å². The number of unbranched alkanes of at least 4 members (excludes halogenated alkanes) is 21. The molecule has 0 bridgehead atoms. The van der Waals surface area contributed by atoms with Crippen molar-refractivity contribution in [2.45, 2.75) is 250 Å². The molecular formula is C58H100O12S. The summed E-state index contributed by atoms with van der Waals surface area (Å²) in [7, 11) is -5.08. The molecule has 1 saturated heterocycles.